The maximum absolute atomic E-state index is 11.2. The van der Waals surface area contributed by atoms with E-state index < -0.39 is 0 Å². The molecule has 0 fully saturated rings. The molecular formula is C9H10N2O2S. The summed E-state index contributed by atoms with van der Waals surface area (Å²) in [6.07, 6.45) is 2.65. The molecule has 5 heteroatoms. The lowest BCUT2D eigenvalue weighted by molar-refractivity contribution is 0.0595. The highest BCUT2D eigenvalue weighted by Gasteiger charge is 2.12. The van der Waals surface area contributed by atoms with Gasteiger partial charge in [0.15, 0.2) is 10.7 Å². The van der Waals surface area contributed by atoms with E-state index in [0.29, 0.717) is 5.69 Å². The Bertz CT molecular complexity index is 472. The van der Waals surface area contributed by atoms with Crippen molar-refractivity contribution in [2.75, 3.05) is 7.11 Å². The van der Waals surface area contributed by atoms with Gasteiger partial charge in [-0.3, -0.25) is 4.40 Å². The second kappa shape index (κ2) is 3.42. The standard InChI is InChI=1S/C9H10N2O2S/c1-3-6-5-14-9-10-7(4-11(6)9)8(12)13-2/h4-5H,3H2,1-2H3. The van der Waals surface area contributed by atoms with Gasteiger partial charge < -0.3 is 4.74 Å². The third-order valence-electron chi connectivity index (χ3n) is 2.04. The SMILES string of the molecule is CCc1csc2nc(C(=O)OC)cn12. The summed E-state index contributed by atoms with van der Waals surface area (Å²) in [5.41, 5.74) is 1.53. The molecule has 0 radical (unpaired) electrons. The van der Waals surface area contributed by atoms with Gasteiger partial charge in [0.25, 0.3) is 0 Å². The molecule has 0 aliphatic carbocycles. The van der Waals surface area contributed by atoms with Gasteiger partial charge in [0, 0.05) is 17.3 Å². The molecule has 2 heterocycles. The molecule has 0 aliphatic heterocycles. The number of fused-ring (bicyclic) bond motifs is 1. The fourth-order valence-electron chi connectivity index (χ4n) is 1.29. The minimum absolute atomic E-state index is 0.369. The van der Waals surface area contributed by atoms with E-state index in [1.165, 1.54) is 18.4 Å². The Kier molecular flexibility index (Phi) is 2.25. The van der Waals surface area contributed by atoms with Crippen LogP contribution in [0.1, 0.15) is 23.1 Å². The number of thiazole rings is 1. The molecule has 0 aromatic carbocycles. The van der Waals surface area contributed by atoms with Crippen LogP contribution in [0, 0.1) is 0 Å². The quantitative estimate of drug-likeness (QED) is 0.709. The van der Waals surface area contributed by atoms with Gasteiger partial charge in [-0.15, -0.1) is 11.3 Å². The summed E-state index contributed by atoms with van der Waals surface area (Å²) in [5.74, 6) is -0.386. The van der Waals surface area contributed by atoms with Gasteiger partial charge in [-0.05, 0) is 6.42 Å². The smallest absolute Gasteiger partial charge is 0.358 e. The molecule has 0 spiro atoms. The zero-order valence-corrected chi connectivity index (χ0v) is 8.80. The third kappa shape index (κ3) is 1.29. The zero-order chi connectivity index (χ0) is 10.1. The number of nitrogens with zero attached hydrogens (tertiary/aromatic N) is 2. The number of hydrogen-bond acceptors (Lipinski definition) is 4. The van der Waals surface area contributed by atoms with Crippen LogP contribution in [-0.2, 0) is 11.2 Å². The Morgan fingerprint density at radius 2 is 2.50 bits per heavy atom. The second-order valence-electron chi connectivity index (χ2n) is 2.85. The summed E-state index contributed by atoms with van der Waals surface area (Å²) in [7, 11) is 1.36. The molecule has 0 atom stereocenters. The predicted molar refractivity (Wildman–Crippen MR) is 53.8 cm³/mol. The Hall–Kier alpha value is -1.36. The van der Waals surface area contributed by atoms with Gasteiger partial charge in [-0.2, -0.15) is 0 Å². The van der Waals surface area contributed by atoms with Crippen molar-refractivity contribution in [1.82, 2.24) is 9.38 Å². The van der Waals surface area contributed by atoms with E-state index in [9.17, 15) is 4.79 Å². The van der Waals surface area contributed by atoms with Crippen LogP contribution in [0.4, 0.5) is 0 Å². The molecule has 0 N–H and O–H groups in total. The topological polar surface area (TPSA) is 43.6 Å². The molecule has 14 heavy (non-hydrogen) atoms. The lowest BCUT2D eigenvalue weighted by Gasteiger charge is -1.92. The van der Waals surface area contributed by atoms with Gasteiger partial charge >= 0.3 is 5.97 Å². The van der Waals surface area contributed by atoms with E-state index in [1.807, 2.05) is 9.78 Å². The second-order valence-corrected chi connectivity index (χ2v) is 3.69. The average molecular weight is 210 g/mol. The van der Waals surface area contributed by atoms with Crippen molar-refractivity contribution in [3.8, 4) is 0 Å². The maximum atomic E-state index is 11.2. The van der Waals surface area contributed by atoms with Crippen LogP contribution in [0.25, 0.3) is 4.96 Å². The Labute approximate surface area is 85.1 Å². The van der Waals surface area contributed by atoms with E-state index in [2.05, 4.69) is 16.6 Å². The molecule has 0 unspecified atom stereocenters. The number of ether oxygens (including phenoxy) is 1. The van der Waals surface area contributed by atoms with Gasteiger partial charge in [-0.1, -0.05) is 6.92 Å². The lowest BCUT2D eigenvalue weighted by Crippen LogP contribution is -2.00. The van der Waals surface area contributed by atoms with E-state index in [1.54, 1.807) is 6.20 Å². The van der Waals surface area contributed by atoms with Crippen molar-refractivity contribution in [1.29, 1.82) is 0 Å². The number of carbonyl (C=O) groups is 1. The Balaban J connectivity index is 2.52. The molecule has 74 valence electrons. The number of rotatable bonds is 2. The Morgan fingerprint density at radius 1 is 1.71 bits per heavy atom. The van der Waals surface area contributed by atoms with Crippen molar-refractivity contribution >= 4 is 22.3 Å². The van der Waals surface area contributed by atoms with Crippen LogP contribution in [0.2, 0.25) is 0 Å². The molecule has 4 nitrogen and oxygen atoms in total. The summed E-state index contributed by atoms with van der Waals surface area (Å²) in [4.78, 5) is 16.2. The zero-order valence-electron chi connectivity index (χ0n) is 7.98. The van der Waals surface area contributed by atoms with Crippen molar-refractivity contribution in [3.63, 3.8) is 0 Å². The number of hydrogen-bond donors (Lipinski definition) is 0. The minimum atomic E-state index is -0.386. The third-order valence-corrected chi connectivity index (χ3v) is 2.93. The molecule has 2 aromatic rings. The highest BCUT2D eigenvalue weighted by molar-refractivity contribution is 7.15. The number of esters is 1. The summed E-state index contributed by atoms with van der Waals surface area (Å²) >= 11 is 1.53. The maximum Gasteiger partial charge on any atom is 0.358 e. The normalized spacial score (nSPS) is 10.7. The summed E-state index contributed by atoms with van der Waals surface area (Å²) < 4.78 is 6.53. The summed E-state index contributed by atoms with van der Waals surface area (Å²) in [6.45, 7) is 2.07. The first-order valence-corrected chi connectivity index (χ1v) is 5.18. The Morgan fingerprint density at radius 3 is 3.14 bits per heavy atom. The lowest BCUT2D eigenvalue weighted by atomic mass is 10.4. The van der Waals surface area contributed by atoms with E-state index in [-0.39, 0.29) is 5.97 Å². The summed E-state index contributed by atoms with van der Waals surface area (Å²) in [5, 5.41) is 2.05. The highest BCUT2D eigenvalue weighted by Crippen LogP contribution is 2.17. The van der Waals surface area contributed by atoms with Crippen molar-refractivity contribution in [2.45, 2.75) is 13.3 Å². The van der Waals surface area contributed by atoms with Crippen molar-refractivity contribution < 1.29 is 9.53 Å². The summed E-state index contributed by atoms with van der Waals surface area (Å²) in [6, 6.07) is 0. The van der Waals surface area contributed by atoms with Crippen LogP contribution in [0.5, 0.6) is 0 Å². The van der Waals surface area contributed by atoms with Crippen LogP contribution in [0.15, 0.2) is 11.6 Å². The number of imidazole rings is 1. The van der Waals surface area contributed by atoms with Gasteiger partial charge in [0.05, 0.1) is 7.11 Å². The molecule has 0 bridgehead atoms. The molecule has 0 saturated carbocycles. The fourth-order valence-corrected chi connectivity index (χ4v) is 2.24. The van der Waals surface area contributed by atoms with Gasteiger partial charge in [-0.25, -0.2) is 9.78 Å². The van der Waals surface area contributed by atoms with Crippen molar-refractivity contribution in [2.24, 2.45) is 0 Å². The monoisotopic (exact) mass is 210 g/mol. The minimum Gasteiger partial charge on any atom is -0.464 e. The first-order valence-electron chi connectivity index (χ1n) is 4.30. The highest BCUT2D eigenvalue weighted by atomic mass is 32.1. The molecule has 0 amide bonds. The number of aromatic nitrogens is 2. The first kappa shape index (κ1) is 9.21. The van der Waals surface area contributed by atoms with E-state index in [4.69, 9.17) is 0 Å². The van der Waals surface area contributed by atoms with Crippen LogP contribution >= 0.6 is 11.3 Å². The fraction of sp³-hybridized carbons (Fsp3) is 0.333. The molecule has 0 saturated heterocycles. The predicted octanol–water partition coefficient (Wildman–Crippen LogP) is 1.74. The van der Waals surface area contributed by atoms with Gasteiger partial charge in [0.1, 0.15) is 0 Å². The molecule has 0 aliphatic rings. The van der Waals surface area contributed by atoms with Gasteiger partial charge in [0.2, 0.25) is 0 Å². The average Bonchev–Trinajstić information content (AvgIpc) is 2.74. The number of methoxy groups -OCH3 is 1. The van der Waals surface area contributed by atoms with Crippen LogP contribution in [-0.4, -0.2) is 22.5 Å². The van der Waals surface area contributed by atoms with Crippen molar-refractivity contribution in [3.05, 3.63) is 23.0 Å². The first-order chi connectivity index (χ1) is 6.76. The van der Waals surface area contributed by atoms with E-state index >= 15 is 0 Å². The number of aryl methyl sites for hydroxylation is 1. The molecule has 2 rings (SSSR count). The van der Waals surface area contributed by atoms with Crippen LogP contribution in [0.3, 0.4) is 0 Å². The van der Waals surface area contributed by atoms with E-state index in [0.717, 1.165) is 17.1 Å². The molecular weight excluding hydrogens is 200 g/mol. The van der Waals surface area contributed by atoms with Crippen LogP contribution < -0.4 is 0 Å². The largest absolute Gasteiger partial charge is 0.464 e. The number of carbonyl (C=O) groups excluding carboxylic acids is 1. The molecule has 2 aromatic heterocycles.